The van der Waals surface area contributed by atoms with Crippen molar-refractivity contribution in [2.45, 2.75) is 13.2 Å². The average Bonchev–Trinajstić information content (AvgIpc) is 2.76. The number of ether oxygens (including phenoxy) is 1. The predicted molar refractivity (Wildman–Crippen MR) is 79.5 cm³/mol. The summed E-state index contributed by atoms with van der Waals surface area (Å²) < 4.78 is 35.6. The van der Waals surface area contributed by atoms with Gasteiger partial charge in [0, 0.05) is 5.02 Å². The standard InChI is InChI=1S/C12H8Br2ClF2NO2/c13-8-3-6(15)4-9(11(8)20-12(16)17)18-5-7-1-2-10(14)19-7/h1-4,12,18H,5H2. The van der Waals surface area contributed by atoms with Crippen molar-refractivity contribution in [1.82, 2.24) is 0 Å². The molecule has 1 aromatic carbocycles. The quantitative estimate of drug-likeness (QED) is 0.662. The number of hydrogen-bond acceptors (Lipinski definition) is 3. The van der Waals surface area contributed by atoms with Crippen molar-refractivity contribution in [3.63, 3.8) is 0 Å². The highest BCUT2D eigenvalue weighted by Crippen LogP contribution is 2.37. The van der Waals surface area contributed by atoms with Crippen molar-refractivity contribution in [1.29, 1.82) is 0 Å². The second kappa shape index (κ2) is 6.78. The van der Waals surface area contributed by atoms with Crippen LogP contribution < -0.4 is 10.1 Å². The molecular weight excluding hydrogens is 423 g/mol. The van der Waals surface area contributed by atoms with Crippen molar-refractivity contribution in [3.05, 3.63) is 44.2 Å². The molecule has 0 spiro atoms. The van der Waals surface area contributed by atoms with E-state index in [0.29, 0.717) is 32.2 Å². The molecule has 0 aliphatic heterocycles. The van der Waals surface area contributed by atoms with Crippen LogP contribution in [0, 0.1) is 0 Å². The number of anilines is 1. The number of alkyl halides is 2. The van der Waals surface area contributed by atoms with Gasteiger partial charge in [0.25, 0.3) is 0 Å². The number of rotatable bonds is 5. The van der Waals surface area contributed by atoms with E-state index >= 15 is 0 Å². The molecule has 0 unspecified atom stereocenters. The van der Waals surface area contributed by atoms with Gasteiger partial charge in [0.1, 0.15) is 5.76 Å². The molecule has 108 valence electrons. The number of furan rings is 1. The average molecular weight is 431 g/mol. The molecule has 1 heterocycles. The second-order valence-electron chi connectivity index (χ2n) is 3.70. The van der Waals surface area contributed by atoms with Crippen molar-refractivity contribution in [2.75, 3.05) is 5.32 Å². The molecule has 1 aromatic heterocycles. The Morgan fingerprint density at radius 2 is 2.05 bits per heavy atom. The van der Waals surface area contributed by atoms with Crippen LogP contribution in [0.2, 0.25) is 5.02 Å². The third kappa shape index (κ3) is 4.10. The van der Waals surface area contributed by atoms with E-state index < -0.39 is 6.61 Å². The third-order valence-corrected chi connectivity index (χ3v) is 3.53. The van der Waals surface area contributed by atoms with Crippen molar-refractivity contribution in [2.24, 2.45) is 0 Å². The van der Waals surface area contributed by atoms with Crippen LogP contribution in [0.25, 0.3) is 0 Å². The molecule has 2 rings (SSSR count). The zero-order valence-corrected chi connectivity index (χ0v) is 13.7. The SMILES string of the molecule is FC(F)Oc1c(Br)cc(Cl)cc1NCc1ccc(Br)o1. The molecule has 0 fully saturated rings. The molecular formula is C12H8Br2ClF2NO2. The van der Waals surface area contributed by atoms with Gasteiger partial charge in [0.2, 0.25) is 0 Å². The van der Waals surface area contributed by atoms with Gasteiger partial charge < -0.3 is 14.5 Å². The van der Waals surface area contributed by atoms with E-state index in [4.69, 9.17) is 16.0 Å². The summed E-state index contributed by atoms with van der Waals surface area (Å²) >= 11 is 12.2. The van der Waals surface area contributed by atoms with E-state index in [9.17, 15) is 8.78 Å². The fraction of sp³-hybridized carbons (Fsp3) is 0.167. The summed E-state index contributed by atoms with van der Waals surface area (Å²) in [7, 11) is 0. The summed E-state index contributed by atoms with van der Waals surface area (Å²) in [4.78, 5) is 0. The summed E-state index contributed by atoms with van der Waals surface area (Å²) in [6.45, 7) is -2.62. The maximum absolute atomic E-state index is 12.4. The van der Waals surface area contributed by atoms with Crippen LogP contribution in [-0.4, -0.2) is 6.61 Å². The molecule has 0 atom stereocenters. The van der Waals surface area contributed by atoms with E-state index in [1.54, 1.807) is 12.1 Å². The fourth-order valence-electron chi connectivity index (χ4n) is 1.53. The Kier molecular flexibility index (Phi) is 5.29. The minimum Gasteiger partial charge on any atom is -0.452 e. The second-order valence-corrected chi connectivity index (χ2v) is 5.77. The van der Waals surface area contributed by atoms with E-state index in [0.717, 1.165) is 0 Å². The van der Waals surface area contributed by atoms with Gasteiger partial charge in [0.05, 0.1) is 16.7 Å². The van der Waals surface area contributed by atoms with Crippen LogP contribution in [0.1, 0.15) is 5.76 Å². The smallest absolute Gasteiger partial charge is 0.387 e. The Bertz CT molecular complexity index is 607. The van der Waals surface area contributed by atoms with Gasteiger partial charge in [-0.05, 0) is 56.1 Å². The zero-order valence-electron chi connectivity index (χ0n) is 9.80. The minimum absolute atomic E-state index is 0.00461. The Morgan fingerprint density at radius 3 is 2.65 bits per heavy atom. The highest BCUT2D eigenvalue weighted by atomic mass is 79.9. The molecule has 0 saturated carbocycles. The van der Waals surface area contributed by atoms with Gasteiger partial charge in [-0.2, -0.15) is 8.78 Å². The first-order valence-corrected chi connectivity index (χ1v) is 7.34. The highest BCUT2D eigenvalue weighted by Gasteiger charge is 2.15. The lowest BCUT2D eigenvalue weighted by molar-refractivity contribution is -0.0498. The summed E-state index contributed by atoms with van der Waals surface area (Å²) in [5.74, 6) is 0.631. The van der Waals surface area contributed by atoms with Gasteiger partial charge in [-0.3, -0.25) is 0 Å². The molecule has 0 amide bonds. The van der Waals surface area contributed by atoms with E-state index in [-0.39, 0.29) is 5.75 Å². The predicted octanol–water partition coefficient (Wildman–Crippen LogP) is 5.67. The topological polar surface area (TPSA) is 34.4 Å². The molecule has 20 heavy (non-hydrogen) atoms. The van der Waals surface area contributed by atoms with Crippen LogP contribution in [0.3, 0.4) is 0 Å². The first-order valence-electron chi connectivity index (χ1n) is 5.37. The first kappa shape index (κ1) is 15.6. The summed E-state index contributed by atoms with van der Waals surface area (Å²) in [6, 6.07) is 6.47. The number of hydrogen-bond donors (Lipinski definition) is 1. The highest BCUT2D eigenvalue weighted by molar-refractivity contribution is 9.10. The first-order chi connectivity index (χ1) is 9.45. The Morgan fingerprint density at radius 1 is 1.30 bits per heavy atom. The summed E-state index contributed by atoms with van der Waals surface area (Å²) in [5, 5.41) is 3.33. The lowest BCUT2D eigenvalue weighted by Crippen LogP contribution is -2.07. The molecule has 0 bridgehead atoms. The van der Waals surface area contributed by atoms with Crippen LogP contribution in [0.4, 0.5) is 14.5 Å². The Labute approximate surface area is 135 Å². The molecule has 3 nitrogen and oxygen atoms in total. The van der Waals surface area contributed by atoms with E-state index in [1.165, 1.54) is 12.1 Å². The summed E-state index contributed by atoms with van der Waals surface area (Å²) in [5.41, 5.74) is 0.345. The van der Waals surface area contributed by atoms with Crippen LogP contribution in [0.15, 0.2) is 37.8 Å². The van der Waals surface area contributed by atoms with Crippen molar-refractivity contribution < 1.29 is 17.9 Å². The van der Waals surface area contributed by atoms with Crippen molar-refractivity contribution in [3.8, 4) is 5.75 Å². The van der Waals surface area contributed by atoms with Crippen LogP contribution in [-0.2, 0) is 6.54 Å². The normalized spacial score (nSPS) is 10.9. The largest absolute Gasteiger partial charge is 0.452 e. The van der Waals surface area contributed by atoms with Crippen LogP contribution >= 0.6 is 43.5 Å². The lowest BCUT2D eigenvalue weighted by atomic mass is 10.3. The van der Waals surface area contributed by atoms with Crippen molar-refractivity contribution >= 4 is 49.1 Å². The molecule has 1 N–H and O–H groups in total. The lowest BCUT2D eigenvalue weighted by Gasteiger charge is -2.14. The maximum atomic E-state index is 12.4. The zero-order chi connectivity index (χ0) is 14.7. The van der Waals surface area contributed by atoms with Crippen LogP contribution in [0.5, 0.6) is 5.75 Å². The molecule has 0 aliphatic rings. The van der Waals surface area contributed by atoms with Gasteiger partial charge in [-0.25, -0.2) is 0 Å². The van der Waals surface area contributed by atoms with Gasteiger partial charge in [-0.1, -0.05) is 11.6 Å². The number of halogens is 5. The third-order valence-electron chi connectivity index (χ3n) is 2.30. The molecule has 2 aromatic rings. The van der Waals surface area contributed by atoms with Gasteiger partial charge >= 0.3 is 6.61 Å². The minimum atomic E-state index is -2.93. The fourth-order valence-corrected chi connectivity index (χ4v) is 2.77. The molecule has 0 saturated heterocycles. The number of nitrogens with one attached hydrogen (secondary N) is 1. The van der Waals surface area contributed by atoms with E-state index in [1.807, 2.05) is 0 Å². The van der Waals surface area contributed by atoms with E-state index in [2.05, 4.69) is 41.9 Å². The summed E-state index contributed by atoms with van der Waals surface area (Å²) in [6.07, 6.45) is 0. The Hall–Kier alpha value is -0.790. The Balaban J connectivity index is 2.20. The monoisotopic (exact) mass is 429 g/mol. The maximum Gasteiger partial charge on any atom is 0.387 e. The molecule has 0 aliphatic carbocycles. The number of benzene rings is 1. The molecule has 8 heteroatoms. The molecule has 0 radical (unpaired) electrons. The van der Waals surface area contributed by atoms with Gasteiger partial charge in [-0.15, -0.1) is 0 Å². The van der Waals surface area contributed by atoms with Gasteiger partial charge in [0.15, 0.2) is 10.4 Å².